The van der Waals surface area contributed by atoms with Crippen LogP contribution in [0.4, 0.5) is 14.6 Å². The molecule has 1 aromatic carbocycles. The Balaban J connectivity index is 1.47. The zero-order valence-corrected chi connectivity index (χ0v) is 19.6. The predicted molar refractivity (Wildman–Crippen MR) is 124 cm³/mol. The Hall–Kier alpha value is -3.58. The SMILES string of the molecule is Cc1cc(F)c(F)cc1C(=O)N1CCCCC1c1cc2nc(N3CC(O)C(C#N)C3)c(C)cn2n1. The number of carbonyl (C=O) groups is 1. The Labute approximate surface area is 201 Å². The smallest absolute Gasteiger partial charge is 0.254 e. The molecule has 2 aliphatic rings. The Morgan fingerprint density at radius 2 is 1.91 bits per heavy atom. The summed E-state index contributed by atoms with van der Waals surface area (Å²) in [7, 11) is 0. The van der Waals surface area contributed by atoms with Gasteiger partial charge in [0.2, 0.25) is 0 Å². The van der Waals surface area contributed by atoms with E-state index in [9.17, 15) is 23.9 Å². The third-order valence-corrected chi connectivity index (χ3v) is 6.98. The number of fused-ring (bicyclic) bond motifs is 1. The normalized spacial score (nSPS) is 22.6. The number of nitriles is 1. The van der Waals surface area contributed by atoms with Crippen LogP contribution in [0.5, 0.6) is 0 Å². The second-order valence-electron chi connectivity index (χ2n) is 9.42. The van der Waals surface area contributed by atoms with Crippen LogP contribution in [0, 0.1) is 42.7 Å². The Kier molecular flexibility index (Phi) is 5.89. The van der Waals surface area contributed by atoms with E-state index in [1.54, 1.807) is 16.3 Å². The van der Waals surface area contributed by atoms with Crippen LogP contribution in [0.25, 0.3) is 5.65 Å². The van der Waals surface area contributed by atoms with E-state index in [1.165, 1.54) is 0 Å². The van der Waals surface area contributed by atoms with Crippen LogP contribution in [-0.4, -0.2) is 56.2 Å². The number of anilines is 1. The van der Waals surface area contributed by atoms with Gasteiger partial charge >= 0.3 is 0 Å². The van der Waals surface area contributed by atoms with Gasteiger partial charge in [0.25, 0.3) is 5.91 Å². The van der Waals surface area contributed by atoms with Crippen molar-refractivity contribution in [3.8, 4) is 6.07 Å². The molecule has 1 amide bonds. The van der Waals surface area contributed by atoms with Crippen LogP contribution in [0.2, 0.25) is 0 Å². The molecule has 4 heterocycles. The first kappa shape index (κ1) is 23.2. The zero-order valence-electron chi connectivity index (χ0n) is 19.6. The summed E-state index contributed by atoms with van der Waals surface area (Å²) in [5.74, 6) is -2.14. The van der Waals surface area contributed by atoms with Gasteiger partial charge in [0, 0.05) is 43.0 Å². The lowest BCUT2D eigenvalue weighted by molar-refractivity contribution is 0.0604. The van der Waals surface area contributed by atoms with Crippen molar-refractivity contribution in [3.05, 3.63) is 58.4 Å². The van der Waals surface area contributed by atoms with E-state index in [-0.39, 0.29) is 17.5 Å². The summed E-state index contributed by atoms with van der Waals surface area (Å²) < 4.78 is 29.2. The molecule has 2 fully saturated rings. The number of hydrogen-bond donors (Lipinski definition) is 1. The number of halogens is 2. The maximum absolute atomic E-state index is 13.9. The van der Waals surface area contributed by atoms with E-state index in [0.29, 0.717) is 48.8 Å². The summed E-state index contributed by atoms with van der Waals surface area (Å²) in [5, 5.41) is 24.1. The van der Waals surface area contributed by atoms with Crippen molar-refractivity contribution in [2.75, 3.05) is 24.5 Å². The zero-order chi connectivity index (χ0) is 24.9. The lowest BCUT2D eigenvalue weighted by Crippen LogP contribution is -2.39. The number of piperidine rings is 1. The van der Waals surface area contributed by atoms with E-state index in [4.69, 9.17) is 10.1 Å². The van der Waals surface area contributed by atoms with Gasteiger partial charge in [-0.2, -0.15) is 10.4 Å². The number of aliphatic hydroxyl groups excluding tert-OH is 1. The quantitative estimate of drug-likeness (QED) is 0.618. The molecular formula is C25H26F2N6O2. The molecule has 0 saturated carbocycles. The van der Waals surface area contributed by atoms with Gasteiger partial charge in [-0.25, -0.2) is 18.3 Å². The highest BCUT2D eigenvalue weighted by Gasteiger charge is 2.34. The lowest BCUT2D eigenvalue weighted by atomic mass is 9.97. The lowest BCUT2D eigenvalue weighted by Gasteiger charge is -2.35. The number of likely N-dealkylation sites (tertiary alicyclic amines) is 1. The highest BCUT2D eigenvalue weighted by Crippen LogP contribution is 2.33. The van der Waals surface area contributed by atoms with Crippen molar-refractivity contribution >= 4 is 17.4 Å². The second kappa shape index (κ2) is 8.89. The second-order valence-corrected chi connectivity index (χ2v) is 9.42. The molecule has 3 atom stereocenters. The monoisotopic (exact) mass is 480 g/mol. The minimum absolute atomic E-state index is 0.149. The van der Waals surface area contributed by atoms with Gasteiger partial charge in [0.15, 0.2) is 17.3 Å². The largest absolute Gasteiger partial charge is 0.390 e. The van der Waals surface area contributed by atoms with Gasteiger partial charge in [-0.15, -0.1) is 0 Å². The Morgan fingerprint density at radius 3 is 2.66 bits per heavy atom. The molecule has 2 aliphatic heterocycles. The van der Waals surface area contributed by atoms with E-state index in [1.807, 2.05) is 24.1 Å². The number of benzene rings is 1. The molecular weight excluding hydrogens is 454 g/mol. The van der Waals surface area contributed by atoms with Gasteiger partial charge in [0.05, 0.1) is 29.8 Å². The van der Waals surface area contributed by atoms with Gasteiger partial charge in [-0.05, 0) is 50.8 Å². The number of carbonyl (C=O) groups excluding carboxylic acids is 1. The number of aryl methyl sites for hydroxylation is 2. The molecule has 3 aromatic rings. The number of hydrogen-bond acceptors (Lipinski definition) is 6. The van der Waals surface area contributed by atoms with E-state index in [0.717, 1.165) is 30.5 Å². The van der Waals surface area contributed by atoms with Gasteiger partial charge < -0.3 is 14.9 Å². The summed E-state index contributed by atoms with van der Waals surface area (Å²) in [6.45, 7) is 4.73. The van der Waals surface area contributed by atoms with Crippen molar-refractivity contribution < 1.29 is 18.7 Å². The fourth-order valence-corrected chi connectivity index (χ4v) is 5.10. The number of β-amino-alcohol motifs (C(OH)–C–C–N with tert-alkyl or cyclic N) is 1. The molecule has 0 bridgehead atoms. The number of nitrogens with zero attached hydrogens (tertiary/aromatic N) is 6. The first-order chi connectivity index (χ1) is 16.8. The third-order valence-electron chi connectivity index (χ3n) is 6.98. The number of aromatic nitrogens is 3. The average molecular weight is 481 g/mol. The van der Waals surface area contributed by atoms with E-state index >= 15 is 0 Å². The number of rotatable bonds is 3. The molecule has 1 N–H and O–H groups in total. The summed E-state index contributed by atoms with van der Waals surface area (Å²) >= 11 is 0. The molecule has 182 valence electrons. The van der Waals surface area contributed by atoms with Crippen LogP contribution >= 0.6 is 0 Å². The summed E-state index contributed by atoms with van der Waals surface area (Å²) in [6.07, 6.45) is 3.56. The molecule has 3 unspecified atom stereocenters. The Bertz CT molecular complexity index is 1350. The Morgan fingerprint density at radius 1 is 1.14 bits per heavy atom. The van der Waals surface area contributed by atoms with Crippen LogP contribution in [0.3, 0.4) is 0 Å². The van der Waals surface area contributed by atoms with Gasteiger partial charge in [-0.3, -0.25) is 4.79 Å². The van der Waals surface area contributed by atoms with Gasteiger partial charge in [-0.1, -0.05) is 0 Å². The van der Waals surface area contributed by atoms with Crippen molar-refractivity contribution in [2.45, 2.75) is 45.3 Å². The first-order valence-electron chi connectivity index (χ1n) is 11.7. The molecule has 2 saturated heterocycles. The minimum atomic E-state index is -1.04. The van der Waals surface area contributed by atoms with E-state index in [2.05, 4.69) is 6.07 Å². The highest BCUT2D eigenvalue weighted by molar-refractivity contribution is 5.96. The predicted octanol–water partition coefficient (Wildman–Crippen LogP) is 3.31. The number of aliphatic hydroxyl groups is 1. The molecule has 35 heavy (non-hydrogen) atoms. The molecule has 0 aliphatic carbocycles. The topological polar surface area (TPSA) is 97.8 Å². The van der Waals surface area contributed by atoms with Crippen molar-refractivity contribution in [1.29, 1.82) is 5.26 Å². The summed E-state index contributed by atoms with van der Waals surface area (Å²) in [6, 6.07) is 5.68. The number of amides is 1. The standard InChI is InChI=1S/C25H26F2N6O2/c1-14-7-18(26)19(27)8-17(14)25(35)32-6-4-3-5-21(32)20-9-23-29-24(15(2)11-33(23)30-20)31-12-16(10-28)22(34)13-31/h7-9,11,16,21-22,34H,3-6,12-13H2,1-2H3. The van der Waals surface area contributed by atoms with Crippen molar-refractivity contribution in [2.24, 2.45) is 5.92 Å². The molecule has 8 nitrogen and oxygen atoms in total. The fraction of sp³-hybridized carbons (Fsp3) is 0.440. The highest BCUT2D eigenvalue weighted by atomic mass is 19.2. The maximum Gasteiger partial charge on any atom is 0.254 e. The molecule has 0 radical (unpaired) electrons. The van der Waals surface area contributed by atoms with Crippen LogP contribution in [0.15, 0.2) is 24.4 Å². The fourth-order valence-electron chi connectivity index (χ4n) is 5.10. The van der Waals surface area contributed by atoms with Crippen LogP contribution < -0.4 is 4.90 Å². The molecule has 2 aromatic heterocycles. The average Bonchev–Trinajstić information content (AvgIpc) is 3.42. The summed E-state index contributed by atoms with van der Waals surface area (Å²) in [4.78, 5) is 21.7. The minimum Gasteiger partial charge on any atom is -0.390 e. The van der Waals surface area contributed by atoms with Gasteiger partial charge in [0.1, 0.15) is 5.82 Å². The van der Waals surface area contributed by atoms with Crippen LogP contribution in [0.1, 0.15) is 52.5 Å². The third kappa shape index (κ3) is 4.10. The van der Waals surface area contributed by atoms with E-state index < -0.39 is 23.7 Å². The first-order valence-corrected chi connectivity index (χ1v) is 11.7. The van der Waals surface area contributed by atoms with Crippen molar-refractivity contribution in [3.63, 3.8) is 0 Å². The van der Waals surface area contributed by atoms with Crippen molar-refractivity contribution in [1.82, 2.24) is 19.5 Å². The maximum atomic E-state index is 13.9. The molecule has 0 spiro atoms. The molecule has 5 rings (SSSR count). The summed E-state index contributed by atoms with van der Waals surface area (Å²) in [5.41, 5.74) is 2.66. The van der Waals surface area contributed by atoms with Crippen LogP contribution in [-0.2, 0) is 0 Å². The molecule has 10 heteroatoms.